The number of rotatable bonds is 4. The SMILES string of the molecule is COc1cc2ncnc(N3CCc4ccc(-c5ccccc5)cc43)c2cc1OC. The van der Waals surface area contributed by atoms with E-state index in [1.165, 1.54) is 22.4 Å². The monoisotopic (exact) mass is 383 g/mol. The summed E-state index contributed by atoms with van der Waals surface area (Å²) in [6, 6.07) is 21.0. The average Bonchev–Trinajstić information content (AvgIpc) is 3.21. The summed E-state index contributed by atoms with van der Waals surface area (Å²) in [6.45, 7) is 0.883. The fourth-order valence-electron chi connectivity index (χ4n) is 3.99. The normalized spacial score (nSPS) is 12.8. The summed E-state index contributed by atoms with van der Waals surface area (Å²) in [4.78, 5) is 11.4. The van der Waals surface area contributed by atoms with Crippen LogP contribution in [0.4, 0.5) is 11.5 Å². The highest BCUT2D eigenvalue weighted by atomic mass is 16.5. The molecular weight excluding hydrogens is 362 g/mol. The Bertz CT molecular complexity index is 1190. The van der Waals surface area contributed by atoms with E-state index >= 15 is 0 Å². The van der Waals surface area contributed by atoms with Gasteiger partial charge in [-0.1, -0.05) is 42.5 Å². The smallest absolute Gasteiger partial charge is 0.162 e. The van der Waals surface area contributed by atoms with Crippen molar-refractivity contribution < 1.29 is 9.47 Å². The van der Waals surface area contributed by atoms with Crippen LogP contribution in [0.5, 0.6) is 11.5 Å². The highest BCUT2D eigenvalue weighted by Gasteiger charge is 2.24. The lowest BCUT2D eigenvalue weighted by Crippen LogP contribution is -2.15. The zero-order chi connectivity index (χ0) is 19.8. The van der Waals surface area contributed by atoms with Crippen molar-refractivity contribution >= 4 is 22.4 Å². The van der Waals surface area contributed by atoms with E-state index in [1.807, 2.05) is 18.2 Å². The van der Waals surface area contributed by atoms with E-state index in [4.69, 9.17) is 9.47 Å². The van der Waals surface area contributed by atoms with Crippen LogP contribution in [0.1, 0.15) is 5.56 Å². The molecule has 144 valence electrons. The number of hydrogen-bond donors (Lipinski definition) is 0. The molecule has 0 fully saturated rings. The summed E-state index contributed by atoms with van der Waals surface area (Å²) in [6.07, 6.45) is 2.60. The minimum absolute atomic E-state index is 0.665. The number of anilines is 2. The number of methoxy groups -OCH3 is 2. The van der Waals surface area contributed by atoms with Crippen molar-refractivity contribution in [2.24, 2.45) is 0 Å². The maximum Gasteiger partial charge on any atom is 0.162 e. The molecule has 0 saturated heterocycles. The summed E-state index contributed by atoms with van der Waals surface area (Å²) in [5.74, 6) is 2.23. The third-order valence-electron chi connectivity index (χ3n) is 5.46. The lowest BCUT2D eigenvalue weighted by atomic mass is 10.0. The molecule has 1 aliphatic heterocycles. The van der Waals surface area contributed by atoms with Crippen molar-refractivity contribution in [3.8, 4) is 22.6 Å². The van der Waals surface area contributed by atoms with E-state index in [-0.39, 0.29) is 0 Å². The Morgan fingerprint density at radius 3 is 2.41 bits per heavy atom. The van der Waals surface area contributed by atoms with Gasteiger partial charge in [0.15, 0.2) is 11.5 Å². The topological polar surface area (TPSA) is 47.5 Å². The third-order valence-corrected chi connectivity index (χ3v) is 5.46. The van der Waals surface area contributed by atoms with Crippen molar-refractivity contribution in [1.29, 1.82) is 0 Å². The fraction of sp³-hybridized carbons (Fsp3) is 0.167. The molecule has 5 nitrogen and oxygen atoms in total. The molecule has 0 bridgehead atoms. The Labute approximate surface area is 169 Å². The minimum Gasteiger partial charge on any atom is -0.493 e. The molecule has 1 aromatic heterocycles. The summed E-state index contributed by atoms with van der Waals surface area (Å²) in [7, 11) is 3.28. The molecule has 4 aromatic rings. The van der Waals surface area contributed by atoms with E-state index in [2.05, 4.69) is 57.3 Å². The van der Waals surface area contributed by atoms with Crippen LogP contribution in [0.2, 0.25) is 0 Å². The molecule has 2 heterocycles. The van der Waals surface area contributed by atoms with Crippen LogP contribution in [0.25, 0.3) is 22.0 Å². The first kappa shape index (κ1) is 17.5. The number of benzene rings is 3. The molecule has 0 radical (unpaired) electrons. The van der Waals surface area contributed by atoms with Gasteiger partial charge in [0.05, 0.1) is 19.7 Å². The highest BCUT2D eigenvalue weighted by molar-refractivity contribution is 5.94. The second kappa shape index (κ2) is 7.09. The molecule has 0 aliphatic carbocycles. The van der Waals surface area contributed by atoms with Crippen LogP contribution in [0, 0.1) is 0 Å². The maximum absolute atomic E-state index is 5.51. The molecule has 5 rings (SSSR count). The van der Waals surface area contributed by atoms with Crippen molar-refractivity contribution in [3.05, 3.63) is 72.6 Å². The van der Waals surface area contributed by atoms with Crippen LogP contribution < -0.4 is 14.4 Å². The second-order valence-electron chi connectivity index (χ2n) is 7.03. The first-order valence-electron chi connectivity index (χ1n) is 9.61. The van der Waals surface area contributed by atoms with Gasteiger partial charge in [0, 0.05) is 23.7 Å². The largest absolute Gasteiger partial charge is 0.493 e. The van der Waals surface area contributed by atoms with E-state index in [9.17, 15) is 0 Å². The molecule has 29 heavy (non-hydrogen) atoms. The summed E-state index contributed by atoms with van der Waals surface area (Å²) in [5, 5.41) is 0.947. The highest BCUT2D eigenvalue weighted by Crippen LogP contribution is 2.41. The van der Waals surface area contributed by atoms with Gasteiger partial charge in [-0.3, -0.25) is 0 Å². The predicted molar refractivity (Wildman–Crippen MR) is 115 cm³/mol. The first-order valence-corrected chi connectivity index (χ1v) is 9.61. The minimum atomic E-state index is 0.665. The summed E-state index contributed by atoms with van der Waals surface area (Å²) in [5.41, 5.74) is 5.77. The van der Waals surface area contributed by atoms with Crippen molar-refractivity contribution in [3.63, 3.8) is 0 Å². The molecule has 3 aromatic carbocycles. The quantitative estimate of drug-likeness (QED) is 0.496. The molecule has 0 saturated carbocycles. The molecular formula is C24H21N3O2. The van der Waals surface area contributed by atoms with Gasteiger partial charge in [0.25, 0.3) is 0 Å². The number of ether oxygens (including phenoxy) is 2. The standard InChI is InChI=1S/C24H21N3O2/c1-28-22-13-19-20(14-23(22)29-2)25-15-26-24(19)27-11-10-17-8-9-18(12-21(17)27)16-6-4-3-5-7-16/h3-9,12-15H,10-11H2,1-2H3. The van der Waals surface area contributed by atoms with Crippen LogP contribution in [0.15, 0.2) is 67.0 Å². The lowest BCUT2D eigenvalue weighted by molar-refractivity contribution is 0.356. The van der Waals surface area contributed by atoms with Gasteiger partial charge in [0.1, 0.15) is 12.1 Å². The van der Waals surface area contributed by atoms with Gasteiger partial charge in [0.2, 0.25) is 0 Å². The van der Waals surface area contributed by atoms with E-state index in [1.54, 1.807) is 20.5 Å². The molecule has 0 unspecified atom stereocenters. The van der Waals surface area contributed by atoms with Gasteiger partial charge >= 0.3 is 0 Å². The van der Waals surface area contributed by atoms with Gasteiger partial charge in [-0.25, -0.2) is 9.97 Å². The van der Waals surface area contributed by atoms with Gasteiger partial charge in [-0.2, -0.15) is 0 Å². The van der Waals surface area contributed by atoms with E-state index < -0.39 is 0 Å². The Morgan fingerprint density at radius 1 is 0.828 bits per heavy atom. The van der Waals surface area contributed by atoms with Crippen molar-refractivity contribution in [1.82, 2.24) is 9.97 Å². The number of aromatic nitrogens is 2. The molecule has 5 heteroatoms. The molecule has 0 atom stereocenters. The first-order chi connectivity index (χ1) is 14.3. The zero-order valence-corrected chi connectivity index (χ0v) is 16.4. The van der Waals surface area contributed by atoms with Crippen LogP contribution in [-0.4, -0.2) is 30.7 Å². The number of nitrogens with zero attached hydrogens (tertiary/aromatic N) is 3. The number of hydrogen-bond acceptors (Lipinski definition) is 5. The van der Waals surface area contributed by atoms with Crippen LogP contribution in [0.3, 0.4) is 0 Å². The predicted octanol–water partition coefficient (Wildman–Crippen LogP) is 5.01. The fourth-order valence-corrected chi connectivity index (χ4v) is 3.99. The van der Waals surface area contributed by atoms with E-state index in [0.717, 1.165) is 29.7 Å². The lowest BCUT2D eigenvalue weighted by Gasteiger charge is -2.21. The van der Waals surface area contributed by atoms with Crippen molar-refractivity contribution in [2.75, 3.05) is 25.7 Å². The van der Waals surface area contributed by atoms with Crippen LogP contribution >= 0.6 is 0 Å². The Morgan fingerprint density at radius 2 is 1.62 bits per heavy atom. The Hall–Kier alpha value is -3.60. The molecule has 0 spiro atoms. The Kier molecular flexibility index (Phi) is 4.28. The van der Waals surface area contributed by atoms with E-state index in [0.29, 0.717) is 11.5 Å². The number of fused-ring (bicyclic) bond motifs is 2. The van der Waals surface area contributed by atoms with Gasteiger partial charge < -0.3 is 14.4 Å². The van der Waals surface area contributed by atoms with Crippen LogP contribution in [-0.2, 0) is 6.42 Å². The molecule has 0 amide bonds. The van der Waals surface area contributed by atoms with Gasteiger partial charge in [-0.05, 0) is 35.2 Å². The third kappa shape index (κ3) is 2.95. The average molecular weight is 383 g/mol. The molecule has 1 aliphatic rings. The zero-order valence-electron chi connectivity index (χ0n) is 16.4. The Balaban J connectivity index is 1.64. The maximum atomic E-state index is 5.51. The summed E-state index contributed by atoms with van der Waals surface area (Å²) < 4.78 is 10.9. The van der Waals surface area contributed by atoms with Gasteiger partial charge in [-0.15, -0.1) is 0 Å². The molecule has 0 N–H and O–H groups in total. The second-order valence-corrected chi connectivity index (χ2v) is 7.03. The summed E-state index contributed by atoms with van der Waals surface area (Å²) >= 11 is 0. The van der Waals surface area contributed by atoms with Crippen molar-refractivity contribution in [2.45, 2.75) is 6.42 Å².